The quantitative estimate of drug-likeness (QED) is 0.0237. The molecule has 10 heteroatoms. The van der Waals surface area contributed by atoms with Gasteiger partial charge in [-0.3, -0.25) is 13.8 Å². The lowest BCUT2D eigenvalue weighted by atomic mass is 10.1. The first-order valence-electron chi connectivity index (χ1n) is 24.6. The van der Waals surface area contributed by atoms with Crippen LogP contribution in [0.5, 0.6) is 0 Å². The third kappa shape index (κ3) is 45.9. The Balaban J connectivity index is 4.10. The normalized spacial score (nSPS) is 14.3. The van der Waals surface area contributed by atoms with Gasteiger partial charge in [-0.25, -0.2) is 4.57 Å². The Morgan fingerprint density at radius 2 is 0.950 bits per heavy atom. The molecular weight excluding hydrogens is 776 g/mol. The van der Waals surface area contributed by atoms with Gasteiger partial charge in [-0.15, -0.1) is 0 Å². The molecule has 0 saturated heterocycles. The van der Waals surface area contributed by atoms with Gasteiger partial charge in [0.25, 0.3) is 0 Å². The van der Waals surface area contributed by atoms with Crippen molar-refractivity contribution in [3.63, 3.8) is 0 Å². The van der Waals surface area contributed by atoms with Crippen molar-refractivity contribution in [3.8, 4) is 0 Å². The largest absolute Gasteiger partial charge is 0.472 e. The third-order valence-corrected chi connectivity index (χ3v) is 11.4. The molecule has 0 saturated carbocycles. The smallest absolute Gasteiger partial charge is 0.457 e. The zero-order chi connectivity index (χ0) is 43.9. The third-order valence-electron chi connectivity index (χ3n) is 10.5. The van der Waals surface area contributed by atoms with Gasteiger partial charge in [0.1, 0.15) is 12.2 Å². The van der Waals surface area contributed by atoms with Crippen LogP contribution in [0.2, 0.25) is 0 Å². The highest BCUT2D eigenvalue weighted by Crippen LogP contribution is 2.43. The fourth-order valence-electron chi connectivity index (χ4n) is 6.78. The minimum atomic E-state index is -4.53. The van der Waals surface area contributed by atoms with E-state index in [0.717, 1.165) is 64.2 Å². The Kier molecular flexibility index (Phi) is 45.7. The second-order valence-corrected chi connectivity index (χ2v) is 17.9. The van der Waals surface area contributed by atoms with E-state index >= 15 is 0 Å². The molecule has 60 heavy (non-hydrogen) atoms. The van der Waals surface area contributed by atoms with Crippen LogP contribution in [0, 0.1) is 0 Å². The number of phosphoric ester groups is 1. The summed E-state index contributed by atoms with van der Waals surface area (Å²) in [6, 6.07) is 0. The first kappa shape index (κ1) is 58.4. The van der Waals surface area contributed by atoms with E-state index in [4.69, 9.17) is 23.6 Å². The molecule has 3 unspecified atom stereocenters. The van der Waals surface area contributed by atoms with Crippen LogP contribution in [-0.4, -0.2) is 66.3 Å². The number of allylic oxidation sites excluding steroid dienone is 8. The molecule has 0 amide bonds. The lowest BCUT2D eigenvalue weighted by molar-refractivity contribution is -0.154. The number of carbonyl (C=O) groups is 1. The maximum Gasteiger partial charge on any atom is 0.472 e. The molecule has 0 aromatic rings. The van der Waals surface area contributed by atoms with Gasteiger partial charge >= 0.3 is 13.8 Å². The van der Waals surface area contributed by atoms with Crippen molar-refractivity contribution in [2.24, 2.45) is 0 Å². The van der Waals surface area contributed by atoms with Crippen LogP contribution in [0.1, 0.15) is 219 Å². The zero-order valence-electron chi connectivity index (χ0n) is 38.7. The Morgan fingerprint density at radius 3 is 1.45 bits per heavy atom. The van der Waals surface area contributed by atoms with E-state index in [1.165, 1.54) is 135 Å². The molecule has 0 heterocycles. The summed E-state index contributed by atoms with van der Waals surface area (Å²) in [5, 5.41) is 18.4. The molecule has 0 aliphatic heterocycles. The molecule has 0 bridgehead atoms. The van der Waals surface area contributed by atoms with Crippen LogP contribution in [0.4, 0.5) is 0 Å². The number of hydrogen-bond donors (Lipinski definition) is 3. The van der Waals surface area contributed by atoms with Crippen LogP contribution in [0.3, 0.4) is 0 Å². The van der Waals surface area contributed by atoms with Gasteiger partial charge in [-0.2, -0.15) is 0 Å². The minimum absolute atomic E-state index is 0.0433. The molecule has 0 rings (SSSR count). The summed E-state index contributed by atoms with van der Waals surface area (Å²) in [4.78, 5) is 22.7. The van der Waals surface area contributed by atoms with Gasteiger partial charge in [-0.1, -0.05) is 191 Å². The molecule has 0 radical (unpaired) electrons. The van der Waals surface area contributed by atoms with E-state index in [-0.39, 0.29) is 25.6 Å². The summed E-state index contributed by atoms with van der Waals surface area (Å²) < 4.78 is 33.5. The highest BCUT2D eigenvalue weighted by Gasteiger charge is 2.26. The summed E-state index contributed by atoms with van der Waals surface area (Å²) in [6.07, 6.45) is 53.6. The number of aliphatic hydroxyl groups is 2. The molecule has 0 aliphatic carbocycles. The highest BCUT2D eigenvalue weighted by atomic mass is 31.2. The average molecular weight is 869 g/mol. The summed E-state index contributed by atoms with van der Waals surface area (Å²) in [5.41, 5.74) is 0. The molecule has 3 atom stereocenters. The van der Waals surface area contributed by atoms with Crippen molar-refractivity contribution >= 4 is 13.8 Å². The first-order valence-corrected chi connectivity index (χ1v) is 26.1. The number of ether oxygens (including phenoxy) is 2. The highest BCUT2D eigenvalue weighted by molar-refractivity contribution is 7.47. The van der Waals surface area contributed by atoms with E-state index in [0.29, 0.717) is 6.61 Å². The van der Waals surface area contributed by atoms with Gasteiger partial charge in [0, 0.05) is 13.0 Å². The maximum atomic E-state index is 12.7. The van der Waals surface area contributed by atoms with E-state index in [2.05, 4.69) is 62.5 Å². The predicted octanol–water partition coefficient (Wildman–Crippen LogP) is 14.1. The standard InChI is InChI=1S/C50H93O9P/c1-3-5-7-9-11-13-15-17-19-21-23-24-25-26-28-30-32-34-36-38-40-42-50(53)59-49(47-58-60(54,55)57-45-48(52)44-51)46-56-43-41-39-37-35-33-31-29-27-22-20-18-16-14-12-10-8-6-4-2/h6,8,12,14,18,20-21,23,48-49,51-52H,3-5,7,9-11,13,15-17,19,22,24-47H2,1-2H3,(H,54,55)/b8-6-,14-12-,20-18-,23-21-. The number of hydrogen-bond acceptors (Lipinski definition) is 8. The van der Waals surface area contributed by atoms with E-state index < -0.39 is 33.2 Å². The predicted molar refractivity (Wildman–Crippen MR) is 251 cm³/mol. The van der Waals surface area contributed by atoms with Crippen molar-refractivity contribution < 1.29 is 43.0 Å². The molecule has 0 aromatic heterocycles. The van der Waals surface area contributed by atoms with Crippen molar-refractivity contribution in [2.75, 3.05) is 33.0 Å². The maximum absolute atomic E-state index is 12.7. The van der Waals surface area contributed by atoms with Crippen molar-refractivity contribution in [1.29, 1.82) is 0 Å². The molecular formula is C50H93O9P. The zero-order valence-corrected chi connectivity index (χ0v) is 39.6. The lowest BCUT2D eigenvalue weighted by Gasteiger charge is -2.20. The van der Waals surface area contributed by atoms with Crippen LogP contribution in [0.15, 0.2) is 48.6 Å². The Hall–Kier alpha value is -1.58. The van der Waals surface area contributed by atoms with E-state index in [1.807, 2.05) is 0 Å². The molecule has 352 valence electrons. The molecule has 0 aliphatic rings. The molecule has 3 N–H and O–H groups in total. The number of esters is 1. The fraction of sp³-hybridized carbons (Fsp3) is 0.820. The molecule has 9 nitrogen and oxygen atoms in total. The van der Waals surface area contributed by atoms with Crippen molar-refractivity contribution in [3.05, 3.63) is 48.6 Å². The van der Waals surface area contributed by atoms with Crippen molar-refractivity contribution in [2.45, 2.75) is 232 Å². The number of rotatable bonds is 47. The Bertz CT molecular complexity index is 1080. The summed E-state index contributed by atoms with van der Waals surface area (Å²) in [5.74, 6) is -0.386. The molecule has 0 spiro atoms. The number of unbranched alkanes of at least 4 members (excludes halogenated alkanes) is 25. The number of aliphatic hydroxyl groups excluding tert-OH is 2. The molecule has 0 aromatic carbocycles. The molecule has 0 fully saturated rings. The van der Waals surface area contributed by atoms with Crippen LogP contribution in [-0.2, 0) is 27.9 Å². The van der Waals surface area contributed by atoms with E-state index in [9.17, 15) is 19.4 Å². The van der Waals surface area contributed by atoms with Crippen LogP contribution in [0.25, 0.3) is 0 Å². The van der Waals surface area contributed by atoms with Gasteiger partial charge in [-0.05, 0) is 70.6 Å². The fourth-order valence-corrected chi connectivity index (χ4v) is 7.57. The SMILES string of the molecule is CC/C=C\C/C=C\C/C=C\CCCCCCCCCCOCC(COP(=O)(O)OCC(O)CO)OC(=O)CCCCCCCCCCC/C=C\CCCCCCCCCC. The summed E-state index contributed by atoms with van der Waals surface area (Å²) >= 11 is 0. The number of phosphoric acid groups is 1. The van der Waals surface area contributed by atoms with Gasteiger partial charge < -0.3 is 24.6 Å². The lowest BCUT2D eigenvalue weighted by Crippen LogP contribution is -2.29. The second kappa shape index (κ2) is 46.9. The van der Waals surface area contributed by atoms with Crippen LogP contribution >= 0.6 is 7.82 Å². The van der Waals surface area contributed by atoms with Gasteiger partial charge in [0.2, 0.25) is 0 Å². The van der Waals surface area contributed by atoms with Gasteiger partial charge in [0.05, 0.1) is 26.4 Å². The minimum Gasteiger partial charge on any atom is -0.457 e. The van der Waals surface area contributed by atoms with Crippen LogP contribution < -0.4 is 0 Å². The summed E-state index contributed by atoms with van der Waals surface area (Å²) in [7, 11) is -4.53. The average Bonchev–Trinajstić information content (AvgIpc) is 3.24. The van der Waals surface area contributed by atoms with E-state index in [1.54, 1.807) is 0 Å². The summed E-state index contributed by atoms with van der Waals surface area (Å²) in [6.45, 7) is 3.41. The monoisotopic (exact) mass is 869 g/mol. The Labute approximate surface area is 368 Å². The second-order valence-electron chi connectivity index (χ2n) is 16.4. The van der Waals surface area contributed by atoms with Crippen molar-refractivity contribution in [1.82, 2.24) is 0 Å². The van der Waals surface area contributed by atoms with Gasteiger partial charge in [0.15, 0.2) is 0 Å². The number of carbonyl (C=O) groups excluding carboxylic acids is 1. The Morgan fingerprint density at radius 1 is 0.533 bits per heavy atom. The first-order chi connectivity index (χ1) is 29.3. The topological polar surface area (TPSA) is 132 Å².